The Labute approximate surface area is 153 Å². The number of carbonyl (C=O) groups excluding carboxylic acids is 1. The Morgan fingerprint density at radius 1 is 1.19 bits per heavy atom. The third kappa shape index (κ3) is 2.76. The first kappa shape index (κ1) is 16.1. The Morgan fingerprint density at radius 2 is 1.96 bits per heavy atom. The number of hydrogen-bond acceptors (Lipinski definition) is 6. The lowest BCUT2D eigenvalue weighted by atomic mass is 9.92. The highest BCUT2D eigenvalue weighted by Crippen LogP contribution is 2.33. The zero-order valence-corrected chi connectivity index (χ0v) is 14.4. The van der Waals surface area contributed by atoms with Crippen molar-refractivity contribution < 1.29 is 4.79 Å². The first-order valence-corrected chi connectivity index (χ1v) is 8.84. The van der Waals surface area contributed by atoms with E-state index in [0.29, 0.717) is 22.8 Å². The summed E-state index contributed by atoms with van der Waals surface area (Å²) >= 11 is 1.07. The van der Waals surface area contributed by atoms with E-state index in [0.717, 1.165) is 22.8 Å². The fraction of sp³-hybridized carbons (Fsp3) is 0.105. The first-order valence-electron chi connectivity index (χ1n) is 8.03. The summed E-state index contributed by atoms with van der Waals surface area (Å²) in [6.45, 7) is 0.598. The van der Waals surface area contributed by atoms with Crippen LogP contribution < -0.4 is 16.2 Å². The molecule has 3 N–H and O–H groups in total. The van der Waals surface area contributed by atoms with Gasteiger partial charge in [0.05, 0.1) is 5.92 Å². The first-order chi connectivity index (χ1) is 12.7. The molecule has 7 heteroatoms. The van der Waals surface area contributed by atoms with Crippen molar-refractivity contribution in [2.24, 2.45) is 0 Å². The van der Waals surface area contributed by atoms with Crippen LogP contribution in [-0.4, -0.2) is 16.7 Å². The zero-order valence-electron chi connectivity index (χ0n) is 13.6. The van der Waals surface area contributed by atoms with Crippen LogP contribution in [0.2, 0.25) is 0 Å². The van der Waals surface area contributed by atoms with E-state index >= 15 is 0 Å². The molecule has 4 rings (SSSR count). The van der Waals surface area contributed by atoms with Crippen LogP contribution in [0.5, 0.6) is 0 Å². The molecule has 0 bridgehead atoms. The molecule has 0 saturated heterocycles. The quantitative estimate of drug-likeness (QED) is 0.618. The molecule has 1 aromatic heterocycles. The molecule has 0 radical (unpaired) electrons. The molecular weight excluding hydrogens is 348 g/mol. The number of nitrogens with one attached hydrogen (secondary N) is 3. The Bertz CT molecular complexity index is 1080. The van der Waals surface area contributed by atoms with Crippen molar-refractivity contribution in [2.75, 3.05) is 17.2 Å². The van der Waals surface area contributed by atoms with Crippen LogP contribution in [0.25, 0.3) is 0 Å². The molecule has 2 aromatic carbocycles. The molecule has 0 fully saturated rings. The summed E-state index contributed by atoms with van der Waals surface area (Å²) in [5, 5.41) is 15.8. The number of ketones is 1. The Kier molecular flexibility index (Phi) is 4.03. The summed E-state index contributed by atoms with van der Waals surface area (Å²) in [4.78, 5) is 24.3. The molecule has 0 amide bonds. The van der Waals surface area contributed by atoms with Crippen molar-refractivity contribution in [3.05, 3.63) is 75.6 Å². The number of anilines is 3. The lowest BCUT2D eigenvalue weighted by Gasteiger charge is -2.10. The Morgan fingerprint density at radius 3 is 2.73 bits per heavy atom. The van der Waals surface area contributed by atoms with E-state index in [9.17, 15) is 9.59 Å². The number of nitrogens with zero attached hydrogens (tertiary/aromatic N) is 1. The van der Waals surface area contributed by atoms with Gasteiger partial charge < -0.3 is 10.6 Å². The zero-order chi connectivity index (χ0) is 18.1. The van der Waals surface area contributed by atoms with Gasteiger partial charge in [-0.15, -0.1) is 0 Å². The molecule has 1 aliphatic rings. The van der Waals surface area contributed by atoms with Gasteiger partial charge in [0.1, 0.15) is 11.1 Å². The molecule has 0 saturated carbocycles. The van der Waals surface area contributed by atoms with E-state index in [-0.39, 0.29) is 17.3 Å². The lowest BCUT2D eigenvalue weighted by molar-refractivity contribution is 0.0966. The van der Waals surface area contributed by atoms with E-state index in [1.54, 1.807) is 24.3 Å². The van der Waals surface area contributed by atoms with Crippen LogP contribution in [0.1, 0.15) is 27.4 Å². The number of fused-ring (bicyclic) bond motifs is 1. The summed E-state index contributed by atoms with van der Waals surface area (Å²) < 4.78 is 2.52. The number of benzene rings is 2. The molecule has 6 nitrogen and oxygen atoms in total. The summed E-state index contributed by atoms with van der Waals surface area (Å²) in [5.41, 5.74) is 3.02. The SMILES string of the molecule is N#Cc1c(Nc2ccc(C(=O)C3CNc4ccccc43)cc2)s[nH]c1=O. The molecule has 1 aliphatic heterocycles. The van der Waals surface area contributed by atoms with Crippen LogP contribution in [0.15, 0.2) is 53.3 Å². The van der Waals surface area contributed by atoms with E-state index < -0.39 is 5.56 Å². The van der Waals surface area contributed by atoms with E-state index in [4.69, 9.17) is 5.26 Å². The van der Waals surface area contributed by atoms with Crippen molar-refractivity contribution in [1.82, 2.24) is 4.37 Å². The normalized spacial score (nSPS) is 15.0. The molecule has 1 unspecified atom stereocenters. The fourth-order valence-electron chi connectivity index (χ4n) is 3.06. The van der Waals surface area contributed by atoms with Crippen LogP contribution in [0.3, 0.4) is 0 Å². The highest BCUT2D eigenvalue weighted by molar-refractivity contribution is 7.10. The van der Waals surface area contributed by atoms with Crippen molar-refractivity contribution >= 4 is 33.7 Å². The number of aromatic amines is 1. The van der Waals surface area contributed by atoms with Crippen molar-refractivity contribution in [2.45, 2.75) is 5.92 Å². The second-order valence-corrected chi connectivity index (χ2v) is 6.75. The highest BCUT2D eigenvalue weighted by Gasteiger charge is 2.28. The Hall–Kier alpha value is -3.37. The minimum absolute atomic E-state index is 0.0591. The largest absolute Gasteiger partial charge is 0.384 e. The summed E-state index contributed by atoms with van der Waals surface area (Å²) in [7, 11) is 0. The second-order valence-electron chi connectivity index (χ2n) is 5.94. The monoisotopic (exact) mass is 362 g/mol. The average molecular weight is 362 g/mol. The van der Waals surface area contributed by atoms with E-state index in [1.165, 1.54) is 0 Å². The van der Waals surface area contributed by atoms with Gasteiger partial charge in [0.25, 0.3) is 5.56 Å². The van der Waals surface area contributed by atoms with Crippen LogP contribution in [0.4, 0.5) is 16.4 Å². The minimum Gasteiger partial charge on any atom is -0.384 e. The van der Waals surface area contributed by atoms with Gasteiger partial charge >= 0.3 is 0 Å². The van der Waals surface area contributed by atoms with Gasteiger partial charge in [-0.1, -0.05) is 18.2 Å². The summed E-state index contributed by atoms with van der Waals surface area (Å²) in [5.74, 6) is -0.122. The van der Waals surface area contributed by atoms with Gasteiger partial charge in [-0.05, 0) is 47.4 Å². The highest BCUT2D eigenvalue weighted by atomic mass is 32.1. The number of carbonyl (C=O) groups is 1. The molecule has 0 spiro atoms. The number of nitriles is 1. The maximum Gasteiger partial charge on any atom is 0.278 e. The maximum absolute atomic E-state index is 12.8. The standard InChI is InChI=1S/C19H14N4O2S/c20-9-14-18(25)23-26-19(14)22-12-7-5-11(6-8-12)17(24)15-10-21-16-4-2-1-3-13(15)16/h1-8,15,21-22H,10H2,(H,23,25). The fourth-order valence-corrected chi connectivity index (χ4v) is 3.77. The predicted octanol–water partition coefficient (Wildman–Crippen LogP) is 3.44. The van der Waals surface area contributed by atoms with Gasteiger partial charge in [-0.3, -0.25) is 14.0 Å². The summed E-state index contributed by atoms with van der Waals surface area (Å²) in [6, 6.07) is 16.8. The van der Waals surface area contributed by atoms with Gasteiger partial charge in [-0.25, -0.2) is 0 Å². The van der Waals surface area contributed by atoms with Crippen molar-refractivity contribution in [1.29, 1.82) is 5.26 Å². The molecule has 2 heterocycles. The lowest BCUT2D eigenvalue weighted by Crippen LogP contribution is -2.14. The molecule has 3 aromatic rings. The van der Waals surface area contributed by atoms with E-state index in [1.807, 2.05) is 30.3 Å². The van der Waals surface area contributed by atoms with Crippen molar-refractivity contribution in [3.8, 4) is 6.07 Å². The van der Waals surface area contributed by atoms with Crippen LogP contribution >= 0.6 is 11.5 Å². The predicted molar refractivity (Wildman–Crippen MR) is 101 cm³/mol. The number of rotatable bonds is 4. The molecule has 0 aliphatic carbocycles. The van der Waals surface area contributed by atoms with E-state index in [2.05, 4.69) is 15.0 Å². The van der Waals surface area contributed by atoms with Crippen LogP contribution in [0, 0.1) is 11.3 Å². The third-order valence-electron chi connectivity index (χ3n) is 4.39. The van der Waals surface area contributed by atoms with Gasteiger partial charge in [-0.2, -0.15) is 5.26 Å². The smallest absolute Gasteiger partial charge is 0.278 e. The maximum atomic E-state index is 12.8. The molecule has 1 atom stereocenters. The Balaban J connectivity index is 1.54. The van der Waals surface area contributed by atoms with Crippen LogP contribution in [-0.2, 0) is 0 Å². The average Bonchev–Trinajstić information content (AvgIpc) is 3.25. The molecule has 128 valence electrons. The van der Waals surface area contributed by atoms with Crippen molar-refractivity contribution in [3.63, 3.8) is 0 Å². The number of aromatic nitrogens is 1. The second kappa shape index (κ2) is 6.50. The minimum atomic E-state index is -0.404. The third-order valence-corrected chi connectivity index (χ3v) is 5.19. The van der Waals surface area contributed by atoms with Gasteiger partial charge in [0, 0.05) is 23.5 Å². The molecular formula is C19H14N4O2S. The molecule has 26 heavy (non-hydrogen) atoms. The van der Waals surface area contributed by atoms with Gasteiger partial charge in [0.2, 0.25) is 0 Å². The number of hydrogen-bond donors (Lipinski definition) is 3. The van der Waals surface area contributed by atoms with Gasteiger partial charge in [0.15, 0.2) is 11.3 Å². The number of para-hydroxylation sites is 1. The number of Topliss-reactive ketones (excluding diaryl/α,β-unsaturated/α-hetero) is 1. The topological polar surface area (TPSA) is 97.8 Å². The summed E-state index contributed by atoms with van der Waals surface area (Å²) in [6.07, 6.45) is 0. The number of H-pyrrole nitrogens is 1.